The van der Waals surface area contributed by atoms with E-state index in [1.807, 2.05) is 38.1 Å². The largest absolute Gasteiger partial charge is 0.372 e. The topological polar surface area (TPSA) is 67.6 Å². The van der Waals surface area contributed by atoms with Gasteiger partial charge in [0.15, 0.2) is 0 Å². The molecular weight excluding hydrogens is 242 g/mol. The quantitative estimate of drug-likeness (QED) is 0.854. The lowest BCUT2D eigenvalue weighted by molar-refractivity contribution is -0.0720. The monoisotopic (exact) mass is 263 g/mol. The van der Waals surface area contributed by atoms with Crippen molar-refractivity contribution in [2.24, 2.45) is 5.73 Å². The number of nitrogens with one attached hydrogen (secondary N) is 1. The molecule has 0 unspecified atom stereocenters. The van der Waals surface area contributed by atoms with E-state index in [0.29, 0.717) is 26.2 Å². The number of nitrogens with two attached hydrogens (primary N) is 1. The normalized spacial score (nSPS) is 18.2. The first-order chi connectivity index (χ1) is 9.00. The second kappa shape index (κ2) is 5.59. The predicted octanol–water partition coefficient (Wildman–Crippen LogP) is 1.79. The fourth-order valence-corrected chi connectivity index (χ4v) is 2.12. The van der Waals surface area contributed by atoms with Crippen LogP contribution in [0.4, 0.5) is 10.5 Å². The molecule has 0 aromatic heterocycles. The van der Waals surface area contributed by atoms with Crippen LogP contribution in [0.1, 0.15) is 19.4 Å². The summed E-state index contributed by atoms with van der Waals surface area (Å²) in [4.78, 5) is 13.9. The highest BCUT2D eigenvalue weighted by atomic mass is 16.5. The lowest BCUT2D eigenvalue weighted by Crippen LogP contribution is -2.51. The van der Waals surface area contributed by atoms with Crippen molar-refractivity contribution in [2.45, 2.75) is 26.0 Å². The Morgan fingerprint density at radius 2 is 2.11 bits per heavy atom. The molecule has 5 nitrogen and oxygen atoms in total. The lowest BCUT2D eigenvalue weighted by Gasteiger charge is -2.38. The van der Waals surface area contributed by atoms with Gasteiger partial charge in [0.2, 0.25) is 0 Å². The minimum atomic E-state index is -0.279. The fraction of sp³-hybridized carbons (Fsp3) is 0.500. The summed E-state index contributed by atoms with van der Waals surface area (Å²) in [6, 6.07) is 7.48. The molecule has 0 radical (unpaired) electrons. The fourth-order valence-electron chi connectivity index (χ4n) is 2.12. The summed E-state index contributed by atoms with van der Waals surface area (Å²) in [6.45, 7) is 6.28. The number of urea groups is 1. The smallest absolute Gasteiger partial charge is 0.322 e. The highest BCUT2D eigenvalue weighted by molar-refractivity contribution is 5.89. The van der Waals surface area contributed by atoms with E-state index in [4.69, 9.17) is 10.5 Å². The molecule has 2 amide bonds. The molecule has 0 spiro atoms. The van der Waals surface area contributed by atoms with Crippen LogP contribution in [0.25, 0.3) is 0 Å². The Balaban J connectivity index is 1.96. The van der Waals surface area contributed by atoms with Gasteiger partial charge >= 0.3 is 6.03 Å². The second-order valence-electron chi connectivity index (χ2n) is 5.36. The third-order valence-electron chi connectivity index (χ3n) is 3.15. The van der Waals surface area contributed by atoms with E-state index < -0.39 is 0 Å². The highest BCUT2D eigenvalue weighted by Crippen LogP contribution is 2.17. The Morgan fingerprint density at radius 1 is 1.42 bits per heavy atom. The molecule has 1 aromatic rings. The molecule has 2 rings (SSSR count). The third-order valence-corrected chi connectivity index (χ3v) is 3.15. The second-order valence-corrected chi connectivity index (χ2v) is 5.36. The molecule has 1 heterocycles. The molecule has 3 N–H and O–H groups in total. The van der Waals surface area contributed by atoms with Crippen LogP contribution in [0.5, 0.6) is 0 Å². The number of nitrogens with zero attached hydrogens (tertiary/aromatic N) is 1. The van der Waals surface area contributed by atoms with Gasteiger partial charge in [-0.1, -0.05) is 12.1 Å². The number of anilines is 1. The number of hydrogen-bond donors (Lipinski definition) is 2. The average molecular weight is 263 g/mol. The average Bonchev–Trinajstić information content (AvgIpc) is 2.38. The summed E-state index contributed by atoms with van der Waals surface area (Å²) in [5, 5.41) is 2.89. The van der Waals surface area contributed by atoms with Crippen molar-refractivity contribution < 1.29 is 9.53 Å². The van der Waals surface area contributed by atoms with Gasteiger partial charge in [0, 0.05) is 18.8 Å². The molecule has 0 bridgehead atoms. The van der Waals surface area contributed by atoms with Gasteiger partial charge in [-0.3, -0.25) is 0 Å². The van der Waals surface area contributed by atoms with E-state index in [1.54, 1.807) is 4.90 Å². The van der Waals surface area contributed by atoms with Crippen molar-refractivity contribution in [3.05, 3.63) is 29.8 Å². The van der Waals surface area contributed by atoms with Crippen LogP contribution < -0.4 is 11.1 Å². The summed E-state index contributed by atoms with van der Waals surface area (Å²) in [7, 11) is 0. The van der Waals surface area contributed by atoms with Crippen molar-refractivity contribution >= 4 is 11.7 Å². The van der Waals surface area contributed by atoms with E-state index in [9.17, 15) is 4.79 Å². The molecule has 1 aliphatic rings. The van der Waals surface area contributed by atoms with Crippen LogP contribution in [-0.2, 0) is 11.3 Å². The van der Waals surface area contributed by atoms with Gasteiger partial charge in [0.25, 0.3) is 0 Å². The molecule has 19 heavy (non-hydrogen) atoms. The molecular formula is C14H21N3O2. The number of morpholine rings is 1. The van der Waals surface area contributed by atoms with Crippen LogP contribution in [0.15, 0.2) is 24.3 Å². The number of carbonyl (C=O) groups excluding carboxylic acids is 1. The number of carbonyl (C=O) groups is 1. The van der Waals surface area contributed by atoms with Crippen molar-refractivity contribution in [3.8, 4) is 0 Å². The first-order valence-corrected chi connectivity index (χ1v) is 6.49. The maximum Gasteiger partial charge on any atom is 0.322 e. The van der Waals surface area contributed by atoms with E-state index >= 15 is 0 Å². The van der Waals surface area contributed by atoms with Crippen molar-refractivity contribution in [2.75, 3.05) is 25.0 Å². The van der Waals surface area contributed by atoms with Crippen molar-refractivity contribution in [1.29, 1.82) is 0 Å². The zero-order valence-corrected chi connectivity index (χ0v) is 11.5. The van der Waals surface area contributed by atoms with E-state index in [2.05, 4.69) is 5.32 Å². The van der Waals surface area contributed by atoms with Crippen LogP contribution in [0, 0.1) is 0 Å². The number of ether oxygens (including phenoxy) is 1. The molecule has 1 fully saturated rings. The lowest BCUT2D eigenvalue weighted by atomic mass is 10.1. The maximum atomic E-state index is 12.1. The number of amides is 2. The van der Waals surface area contributed by atoms with E-state index in [1.165, 1.54) is 0 Å². The summed E-state index contributed by atoms with van der Waals surface area (Å²) in [5.74, 6) is 0. The Morgan fingerprint density at radius 3 is 2.68 bits per heavy atom. The van der Waals surface area contributed by atoms with Gasteiger partial charge in [-0.25, -0.2) is 4.79 Å². The van der Waals surface area contributed by atoms with Crippen LogP contribution >= 0.6 is 0 Å². The minimum absolute atomic E-state index is 0.0862. The minimum Gasteiger partial charge on any atom is -0.372 e. The SMILES string of the molecule is CC1(C)CN(C(=O)Nc2ccc(CN)cc2)CCO1. The Hall–Kier alpha value is -1.59. The molecule has 1 aromatic carbocycles. The van der Waals surface area contributed by atoms with Gasteiger partial charge in [0.1, 0.15) is 0 Å². The van der Waals surface area contributed by atoms with Gasteiger partial charge in [-0.05, 0) is 31.5 Å². The number of benzene rings is 1. The zero-order valence-electron chi connectivity index (χ0n) is 11.5. The highest BCUT2D eigenvalue weighted by Gasteiger charge is 2.29. The first-order valence-electron chi connectivity index (χ1n) is 6.49. The number of rotatable bonds is 2. The molecule has 1 aliphatic heterocycles. The van der Waals surface area contributed by atoms with Crippen LogP contribution in [0.2, 0.25) is 0 Å². The maximum absolute atomic E-state index is 12.1. The van der Waals surface area contributed by atoms with Crippen molar-refractivity contribution in [1.82, 2.24) is 4.90 Å². The van der Waals surface area contributed by atoms with Gasteiger partial charge < -0.3 is 20.7 Å². The van der Waals surface area contributed by atoms with Crippen LogP contribution in [0.3, 0.4) is 0 Å². The molecule has 0 atom stereocenters. The van der Waals surface area contributed by atoms with E-state index in [0.717, 1.165) is 11.3 Å². The van der Waals surface area contributed by atoms with Crippen molar-refractivity contribution in [3.63, 3.8) is 0 Å². The third kappa shape index (κ3) is 3.68. The Kier molecular flexibility index (Phi) is 4.07. The Bertz CT molecular complexity index is 443. The number of hydrogen-bond acceptors (Lipinski definition) is 3. The molecule has 1 saturated heterocycles. The zero-order chi connectivity index (χ0) is 13.9. The van der Waals surface area contributed by atoms with E-state index in [-0.39, 0.29) is 11.6 Å². The first kappa shape index (κ1) is 13.8. The van der Waals surface area contributed by atoms with Gasteiger partial charge in [-0.15, -0.1) is 0 Å². The summed E-state index contributed by atoms with van der Waals surface area (Å²) in [5.41, 5.74) is 7.09. The molecule has 104 valence electrons. The molecule has 5 heteroatoms. The van der Waals surface area contributed by atoms with Gasteiger partial charge in [-0.2, -0.15) is 0 Å². The van der Waals surface area contributed by atoms with Crippen LogP contribution in [-0.4, -0.2) is 36.2 Å². The summed E-state index contributed by atoms with van der Waals surface area (Å²) >= 11 is 0. The summed E-state index contributed by atoms with van der Waals surface area (Å²) < 4.78 is 5.59. The van der Waals surface area contributed by atoms with Gasteiger partial charge in [0.05, 0.1) is 18.8 Å². The molecule has 0 aliphatic carbocycles. The molecule has 0 saturated carbocycles. The summed E-state index contributed by atoms with van der Waals surface area (Å²) in [6.07, 6.45) is 0. The Labute approximate surface area is 113 Å². The standard InChI is InChI=1S/C14H21N3O2/c1-14(2)10-17(7-8-19-14)13(18)16-12-5-3-11(9-15)4-6-12/h3-6H,7-10,15H2,1-2H3,(H,16,18). The predicted molar refractivity (Wildman–Crippen MR) is 75.0 cm³/mol.